The first-order valence-corrected chi connectivity index (χ1v) is 9.14. The zero-order valence-electron chi connectivity index (χ0n) is 15.5. The largest absolute Gasteiger partial charge is 0.442 e. The van der Waals surface area contributed by atoms with Crippen molar-refractivity contribution in [2.24, 2.45) is 0 Å². The minimum Gasteiger partial charge on any atom is -0.292 e. The maximum atomic E-state index is 13.0. The smallest absolute Gasteiger partial charge is 0.292 e. The van der Waals surface area contributed by atoms with E-state index >= 15 is 0 Å². The molecule has 2 aromatic heterocycles. The number of halogens is 5. The number of benzene rings is 1. The summed E-state index contributed by atoms with van der Waals surface area (Å²) in [6.45, 7) is 0.502. The normalized spacial score (nSPS) is 11.5. The number of anilines is 1. The fraction of sp³-hybridized carbons (Fsp3) is 0.250. The second-order valence-corrected chi connectivity index (χ2v) is 7.02. The van der Waals surface area contributed by atoms with Crippen LogP contribution in [0.1, 0.15) is 17.0 Å². The molecule has 3 rings (SSSR count). The molecule has 0 unspecified atom stereocenters. The molecule has 0 fully saturated rings. The summed E-state index contributed by atoms with van der Waals surface area (Å²) in [4.78, 5) is 25.9. The molecule has 0 aliphatic carbocycles. The Labute approximate surface area is 181 Å². The van der Waals surface area contributed by atoms with Crippen LogP contribution in [0.25, 0.3) is 0 Å². The predicted octanol–water partition coefficient (Wildman–Crippen LogP) is 3.70. The fourth-order valence-corrected chi connectivity index (χ4v) is 3.19. The van der Waals surface area contributed by atoms with Crippen molar-refractivity contribution < 1.29 is 22.9 Å². The minimum atomic E-state index is -5.05. The van der Waals surface area contributed by atoms with Crippen LogP contribution >= 0.6 is 23.2 Å². The number of hydrogen-bond donors (Lipinski definition) is 1. The summed E-state index contributed by atoms with van der Waals surface area (Å²) in [6.07, 6.45) is -3.75. The maximum absolute atomic E-state index is 13.0. The van der Waals surface area contributed by atoms with E-state index in [1.165, 1.54) is 11.0 Å². The molecule has 10 nitrogen and oxygen atoms in total. The highest BCUT2D eigenvalue weighted by molar-refractivity contribution is 6.35. The highest BCUT2D eigenvalue weighted by atomic mass is 35.5. The van der Waals surface area contributed by atoms with Crippen LogP contribution in [-0.2, 0) is 24.1 Å². The lowest BCUT2D eigenvalue weighted by Crippen LogP contribution is -2.21. The Bertz CT molecular complexity index is 1140. The van der Waals surface area contributed by atoms with Gasteiger partial charge < -0.3 is 0 Å². The molecule has 15 heteroatoms. The van der Waals surface area contributed by atoms with Gasteiger partial charge >= 0.3 is 11.9 Å². The van der Waals surface area contributed by atoms with Gasteiger partial charge in [0.25, 0.3) is 0 Å². The van der Waals surface area contributed by atoms with Gasteiger partial charge in [-0.3, -0.25) is 24.9 Å². The first kappa shape index (κ1) is 22.5. The van der Waals surface area contributed by atoms with E-state index in [1.54, 1.807) is 18.2 Å². The van der Waals surface area contributed by atoms with E-state index in [-0.39, 0.29) is 12.5 Å². The number of nitrogens with zero attached hydrogens (tertiary/aromatic N) is 6. The van der Waals surface area contributed by atoms with Crippen LogP contribution in [0.15, 0.2) is 24.5 Å². The number of hydrogen-bond acceptors (Lipinski definition) is 6. The summed E-state index contributed by atoms with van der Waals surface area (Å²) in [6, 6.07) is 4.96. The molecule has 1 aromatic carbocycles. The molecule has 3 aromatic rings. The number of nitrogens with one attached hydrogen (secondary N) is 1. The highest BCUT2D eigenvalue weighted by Crippen LogP contribution is 2.36. The maximum Gasteiger partial charge on any atom is 0.442 e. The van der Waals surface area contributed by atoms with Crippen LogP contribution in [0.3, 0.4) is 0 Å². The van der Waals surface area contributed by atoms with Gasteiger partial charge in [0.1, 0.15) is 18.6 Å². The Hall–Kier alpha value is -3.19. The summed E-state index contributed by atoms with van der Waals surface area (Å²) in [7, 11) is 0. The van der Waals surface area contributed by atoms with Crippen LogP contribution in [0.5, 0.6) is 0 Å². The Morgan fingerprint density at radius 1 is 1.26 bits per heavy atom. The van der Waals surface area contributed by atoms with Gasteiger partial charge in [-0.05, 0) is 19.1 Å². The number of rotatable bonds is 6. The lowest BCUT2D eigenvalue weighted by atomic mass is 10.2. The lowest BCUT2D eigenvalue weighted by Gasteiger charge is -2.06. The average molecular weight is 478 g/mol. The van der Waals surface area contributed by atoms with Crippen LogP contribution in [0.4, 0.5) is 24.8 Å². The van der Waals surface area contributed by atoms with Crippen molar-refractivity contribution in [3.8, 4) is 0 Å². The van der Waals surface area contributed by atoms with E-state index in [9.17, 15) is 28.1 Å². The number of amides is 1. The van der Waals surface area contributed by atoms with Gasteiger partial charge in [0.15, 0.2) is 0 Å². The number of carbonyl (C=O) groups excluding carboxylic acids is 1. The first-order valence-electron chi connectivity index (χ1n) is 8.38. The fourth-order valence-electron chi connectivity index (χ4n) is 2.67. The van der Waals surface area contributed by atoms with Gasteiger partial charge in [0.2, 0.25) is 17.5 Å². The summed E-state index contributed by atoms with van der Waals surface area (Å²) >= 11 is 12.2. The molecule has 1 amide bonds. The van der Waals surface area contributed by atoms with Crippen molar-refractivity contribution in [2.75, 3.05) is 5.32 Å². The van der Waals surface area contributed by atoms with Crippen molar-refractivity contribution in [3.05, 3.63) is 61.6 Å². The highest BCUT2D eigenvalue weighted by Gasteiger charge is 2.44. The third-order valence-electron chi connectivity index (χ3n) is 4.09. The summed E-state index contributed by atoms with van der Waals surface area (Å²) in [5.74, 6) is -0.966. The van der Waals surface area contributed by atoms with E-state index in [0.717, 1.165) is 6.92 Å². The SMILES string of the molecule is Cc1c([N+](=O)[O-])c(C(F)(F)F)nn1CC(=O)Nc1ncn(Cc2c(Cl)cccc2Cl)n1. The van der Waals surface area contributed by atoms with Gasteiger partial charge in [-0.2, -0.15) is 18.3 Å². The topological polar surface area (TPSA) is 121 Å². The van der Waals surface area contributed by atoms with E-state index in [2.05, 4.69) is 20.5 Å². The van der Waals surface area contributed by atoms with E-state index in [4.69, 9.17) is 23.2 Å². The quantitative estimate of drug-likeness (QED) is 0.426. The predicted molar refractivity (Wildman–Crippen MR) is 103 cm³/mol. The van der Waals surface area contributed by atoms with Crippen molar-refractivity contribution in [3.63, 3.8) is 0 Å². The van der Waals surface area contributed by atoms with Gasteiger partial charge in [0, 0.05) is 15.6 Å². The lowest BCUT2D eigenvalue weighted by molar-refractivity contribution is -0.388. The molecule has 0 spiro atoms. The molecule has 164 valence electrons. The molecule has 0 saturated carbocycles. The molecular weight excluding hydrogens is 466 g/mol. The molecule has 0 aliphatic rings. The Kier molecular flexibility index (Phi) is 6.18. The van der Waals surface area contributed by atoms with Crippen LogP contribution < -0.4 is 5.32 Å². The van der Waals surface area contributed by atoms with Crippen LogP contribution in [0.2, 0.25) is 10.0 Å². The minimum absolute atomic E-state index is 0.136. The van der Waals surface area contributed by atoms with Gasteiger partial charge in [-0.15, -0.1) is 5.10 Å². The van der Waals surface area contributed by atoms with E-state index in [0.29, 0.717) is 20.3 Å². The summed E-state index contributed by atoms with van der Waals surface area (Å²) in [5, 5.41) is 21.3. The van der Waals surface area contributed by atoms with Gasteiger partial charge in [-0.1, -0.05) is 29.3 Å². The molecule has 0 bridgehead atoms. The number of alkyl halides is 3. The van der Waals surface area contributed by atoms with Crippen LogP contribution in [0, 0.1) is 17.0 Å². The van der Waals surface area contributed by atoms with E-state index < -0.39 is 40.6 Å². The standard InChI is InChI=1S/C16H12Cl2F3N7O3/c1-8-13(28(30)31)14(16(19,20)21)24-27(8)6-12(29)23-15-22-7-26(25-15)5-9-10(17)3-2-4-11(9)18/h2-4,7H,5-6H2,1H3,(H,23,25,29). The van der Waals surface area contributed by atoms with Crippen molar-refractivity contribution in [2.45, 2.75) is 26.2 Å². The number of carbonyl (C=O) groups is 1. The van der Waals surface area contributed by atoms with Gasteiger partial charge in [0.05, 0.1) is 11.5 Å². The number of aromatic nitrogens is 5. The Balaban J connectivity index is 1.73. The Morgan fingerprint density at radius 2 is 1.90 bits per heavy atom. The van der Waals surface area contributed by atoms with E-state index in [1.807, 2.05) is 0 Å². The zero-order valence-corrected chi connectivity index (χ0v) is 17.0. The molecule has 0 aliphatic heterocycles. The van der Waals surface area contributed by atoms with Crippen molar-refractivity contribution in [1.29, 1.82) is 0 Å². The Morgan fingerprint density at radius 3 is 2.45 bits per heavy atom. The second kappa shape index (κ2) is 8.51. The molecule has 0 saturated heterocycles. The first-order chi connectivity index (χ1) is 14.5. The molecule has 2 heterocycles. The summed E-state index contributed by atoms with van der Waals surface area (Å²) < 4.78 is 40.9. The third-order valence-corrected chi connectivity index (χ3v) is 4.80. The third kappa shape index (κ3) is 4.94. The zero-order chi connectivity index (χ0) is 22.9. The summed E-state index contributed by atoms with van der Waals surface area (Å²) in [5.41, 5.74) is -2.73. The molecular formula is C16H12Cl2F3N7O3. The molecule has 0 radical (unpaired) electrons. The monoisotopic (exact) mass is 477 g/mol. The molecule has 0 atom stereocenters. The van der Waals surface area contributed by atoms with Crippen molar-refractivity contribution in [1.82, 2.24) is 24.5 Å². The second-order valence-electron chi connectivity index (χ2n) is 6.21. The van der Waals surface area contributed by atoms with Gasteiger partial charge in [-0.25, -0.2) is 9.67 Å². The molecule has 1 N–H and O–H groups in total. The van der Waals surface area contributed by atoms with Crippen molar-refractivity contribution >= 4 is 40.7 Å². The number of nitro groups is 1. The average Bonchev–Trinajstić information content (AvgIpc) is 3.22. The molecule has 31 heavy (non-hydrogen) atoms. The van der Waals surface area contributed by atoms with Crippen LogP contribution in [-0.4, -0.2) is 35.4 Å².